The third-order valence-electron chi connectivity index (χ3n) is 4.50. The molecule has 0 spiro atoms. The van der Waals surface area contributed by atoms with E-state index < -0.39 is 6.09 Å². The quantitative estimate of drug-likeness (QED) is 0.637. The minimum atomic E-state index is -0.475. The summed E-state index contributed by atoms with van der Waals surface area (Å²) < 4.78 is 24.8. The van der Waals surface area contributed by atoms with E-state index in [0.29, 0.717) is 41.5 Å². The first-order valence-corrected chi connectivity index (χ1v) is 8.97. The Kier molecular flexibility index (Phi) is 5.26. The van der Waals surface area contributed by atoms with Crippen molar-refractivity contribution in [1.82, 2.24) is 9.88 Å². The summed E-state index contributed by atoms with van der Waals surface area (Å²) >= 11 is 0. The molecule has 29 heavy (non-hydrogen) atoms. The van der Waals surface area contributed by atoms with Crippen LogP contribution in [0, 0.1) is 5.82 Å². The van der Waals surface area contributed by atoms with E-state index >= 15 is 0 Å². The Hall–Kier alpha value is -3.65. The first kappa shape index (κ1) is 18.7. The van der Waals surface area contributed by atoms with Crippen LogP contribution in [0.2, 0.25) is 0 Å². The summed E-state index contributed by atoms with van der Waals surface area (Å²) in [5.74, 6) is 0.484. The molecule has 3 aromatic rings. The first-order chi connectivity index (χ1) is 14.1. The number of carbonyl (C=O) groups is 1. The molecule has 0 radical (unpaired) electrons. The SMILES string of the molecule is O=C(Oc1ccc(NO)cc1)N1CC(Oc2ccc(-c3ccccc3F)cn2)C1. The lowest BCUT2D eigenvalue weighted by molar-refractivity contribution is 0.0259. The van der Waals surface area contributed by atoms with Gasteiger partial charge in [-0.25, -0.2) is 14.2 Å². The Labute approximate surface area is 166 Å². The molecule has 2 aromatic carbocycles. The van der Waals surface area contributed by atoms with Gasteiger partial charge in [0.05, 0.1) is 18.8 Å². The Balaban J connectivity index is 1.28. The van der Waals surface area contributed by atoms with Crippen LogP contribution in [-0.2, 0) is 0 Å². The van der Waals surface area contributed by atoms with E-state index in [0.717, 1.165) is 0 Å². The van der Waals surface area contributed by atoms with E-state index in [4.69, 9.17) is 14.7 Å². The smallest absolute Gasteiger partial charge is 0.415 e. The highest BCUT2D eigenvalue weighted by molar-refractivity contribution is 5.72. The molecule has 0 aliphatic carbocycles. The molecule has 1 amide bonds. The zero-order valence-electron chi connectivity index (χ0n) is 15.3. The molecule has 1 aliphatic rings. The van der Waals surface area contributed by atoms with Gasteiger partial charge in [0, 0.05) is 23.4 Å². The molecule has 0 unspecified atom stereocenters. The Morgan fingerprint density at radius 3 is 2.52 bits per heavy atom. The largest absolute Gasteiger partial charge is 0.471 e. The second kappa shape index (κ2) is 8.15. The molecular weight excluding hydrogens is 377 g/mol. The van der Waals surface area contributed by atoms with Gasteiger partial charge in [-0.05, 0) is 36.4 Å². The predicted molar refractivity (Wildman–Crippen MR) is 103 cm³/mol. The molecule has 1 aliphatic heterocycles. The maximum absolute atomic E-state index is 13.8. The van der Waals surface area contributed by atoms with Crippen molar-refractivity contribution in [3.05, 3.63) is 72.7 Å². The second-order valence-corrected chi connectivity index (χ2v) is 6.51. The van der Waals surface area contributed by atoms with Gasteiger partial charge in [-0.3, -0.25) is 10.7 Å². The number of ether oxygens (including phenoxy) is 2. The molecule has 1 aromatic heterocycles. The van der Waals surface area contributed by atoms with Gasteiger partial charge < -0.3 is 14.4 Å². The number of hydrogen-bond acceptors (Lipinski definition) is 6. The number of aromatic nitrogens is 1. The number of nitrogens with one attached hydrogen (secondary N) is 1. The normalized spacial score (nSPS) is 13.5. The standard InChI is InChI=1S/C21H18FN3O4/c22-19-4-2-1-3-18(19)14-5-10-20(23-11-14)28-17-12-25(13-17)21(26)29-16-8-6-15(24-27)7-9-16/h1-11,17,24,27H,12-13H2. The summed E-state index contributed by atoms with van der Waals surface area (Å²) in [6.07, 6.45) is 0.899. The van der Waals surface area contributed by atoms with Crippen LogP contribution < -0.4 is 15.0 Å². The van der Waals surface area contributed by atoms with E-state index in [2.05, 4.69) is 4.98 Å². The molecule has 4 rings (SSSR count). The first-order valence-electron chi connectivity index (χ1n) is 8.97. The summed E-state index contributed by atoms with van der Waals surface area (Å²) in [5.41, 5.74) is 3.64. The maximum atomic E-state index is 13.8. The second-order valence-electron chi connectivity index (χ2n) is 6.51. The van der Waals surface area contributed by atoms with Gasteiger partial charge >= 0.3 is 6.09 Å². The van der Waals surface area contributed by atoms with Crippen LogP contribution in [0.3, 0.4) is 0 Å². The predicted octanol–water partition coefficient (Wildman–Crippen LogP) is 3.95. The van der Waals surface area contributed by atoms with Gasteiger partial charge in [0.25, 0.3) is 0 Å². The molecule has 2 N–H and O–H groups in total. The summed E-state index contributed by atoms with van der Waals surface area (Å²) in [7, 11) is 0. The Morgan fingerprint density at radius 2 is 1.86 bits per heavy atom. The number of amides is 1. The van der Waals surface area contributed by atoms with Crippen molar-refractivity contribution in [2.45, 2.75) is 6.10 Å². The van der Waals surface area contributed by atoms with Crippen LogP contribution in [0.15, 0.2) is 66.9 Å². The van der Waals surface area contributed by atoms with E-state index in [-0.39, 0.29) is 11.9 Å². The van der Waals surface area contributed by atoms with Crippen LogP contribution in [0.25, 0.3) is 11.1 Å². The van der Waals surface area contributed by atoms with Crippen LogP contribution in [-0.4, -0.2) is 40.4 Å². The highest BCUT2D eigenvalue weighted by atomic mass is 19.1. The van der Waals surface area contributed by atoms with Gasteiger partial charge in [0.15, 0.2) is 0 Å². The maximum Gasteiger partial charge on any atom is 0.415 e. The van der Waals surface area contributed by atoms with Gasteiger partial charge in [-0.1, -0.05) is 18.2 Å². The molecule has 0 bridgehead atoms. The molecular formula is C21H18FN3O4. The highest BCUT2D eigenvalue weighted by Gasteiger charge is 2.34. The number of carbonyl (C=O) groups excluding carboxylic acids is 1. The summed E-state index contributed by atoms with van der Waals surface area (Å²) in [4.78, 5) is 17.8. The lowest BCUT2D eigenvalue weighted by Crippen LogP contribution is -2.57. The van der Waals surface area contributed by atoms with E-state index in [9.17, 15) is 9.18 Å². The van der Waals surface area contributed by atoms with Crippen LogP contribution >= 0.6 is 0 Å². The number of benzene rings is 2. The molecule has 1 saturated heterocycles. The fourth-order valence-corrected chi connectivity index (χ4v) is 2.90. The number of anilines is 1. The molecule has 0 saturated carbocycles. The number of hydrogen-bond donors (Lipinski definition) is 2. The lowest BCUT2D eigenvalue weighted by atomic mass is 10.1. The third-order valence-corrected chi connectivity index (χ3v) is 4.50. The van der Waals surface area contributed by atoms with Gasteiger partial charge in [-0.15, -0.1) is 0 Å². The van der Waals surface area contributed by atoms with Crippen molar-refractivity contribution in [2.24, 2.45) is 0 Å². The van der Waals surface area contributed by atoms with Crippen molar-refractivity contribution in [3.8, 4) is 22.8 Å². The van der Waals surface area contributed by atoms with Crippen molar-refractivity contribution in [2.75, 3.05) is 18.6 Å². The number of rotatable bonds is 5. The highest BCUT2D eigenvalue weighted by Crippen LogP contribution is 2.24. The summed E-state index contributed by atoms with van der Waals surface area (Å²) in [5, 5.41) is 8.78. The monoisotopic (exact) mass is 395 g/mol. The Bertz CT molecular complexity index is 990. The van der Waals surface area contributed by atoms with E-state index in [1.54, 1.807) is 60.8 Å². The molecule has 8 heteroatoms. The molecule has 148 valence electrons. The van der Waals surface area contributed by atoms with Gasteiger partial charge in [-0.2, -0.15) is 0 Å². The van der Waals surface area contributed by atoms with Gasteiger partial charge in [0.1, 0.15) is 17.7 Å². The number of halogens is 1. The van der Waals surface area contributed by atoms with Crippen molar-refractivity contribution < 1.29 is 23.9 Å². The van der Waals surface area contributed by atoms with Crippen molar-refractivity contribution >= 4 is 11.8 Å². The zero-order chi connectivity index (χ0) is 20.2. The lowest BCUT2D eigenvalue weighted by Gasteiger charge is -2.37. The fourth-order valence-electron chi connectivity index (χ4n) is 2.90. The Morgan fingerprint density at radius 1 is 1.10 bits per heavy atom. The number of pyridine rings is 1. The molecule has 1 fully saturated rings. The van der Waals surface area contributed by atoms with Crippen LogP contribution in [0.5, 0.6) is 11.6 Å². The van der Waals surface area contributed by atoms with E-state index in [1.165, 1.54) is 11.0 Å². The third kappa shape index (κ3) is 4.27. The number of likely N-dealkylation sites (tertiary alicyclic amines) is 1. The topological polar surface area (TPSA) is 83.9 Å². The molecule has 7 nitrogen and oxygen atoms in total. The fraction of sp³-hybridized carbons (Fsp3) is 0.143. The minimum Gasteiger partial charge on any atom is -0.471 e. The summed E-state index contributed by atoms with van der Waals surface area (Å²) in [6.45, 7) is 0.762. The zero-order valence-corrected chi connectivity index (χ0v) is 15.3. The van der Waals surface area contributed by atoms with E-state index in [1.807, 2.05) is 5.48 Å². The average molecular weight is 395 g/mol. The van der Waals surface area contributed by atoms with Crippen molar-refractivity contribution in [1.29, 1.82) is 0 Å². The van der Waals surface area contributed by atoms with Crippen LogP contribution in [0.1, 0.15) is 0 Å². The van der Waals surface area contributed by atoms with Gasteiger partial charge in [0.2, 0.25) is 5.88 Å². The number of nitrogens with zero attached hydrogens (tertiary/aromatic N) is 2. The molecule has 2 heterocycles. The average Bonchev–Trinajstić information content (AvgIpc) is 2.72. The van der Waals surface area contributed by atoms with Crippen LogP contribution in [0.4, 0.5) is 14.9 Å². The summed E-state index contributed by atoms with van der Waals surface area (Å²) in [6, 6.07) is 16.2. The molecule has 0 atom stereocenters. The minimum absolute atomic E-state index is 0.185. The van der Waals surface area contributed by atoms with Crippen molar-refractivity contribution in [3.63, 3.8) is 0 Å².